The van der Waals surface area contributed by atoms with Gasteiger partial charge in [0.1, 0.15) is 5.82 Å². The van der Waals surface area contributed by atoms with Gasteiger partial charge in [0.2, 0.25) is 21.9 Å². The molecule has 2 heterocycles. The van der Waals surface area contributed by atoms with Gasteiger partial charge in [0, 0.05) is 37.3 Å². The summed E-state index contributed by atoms with van der Waals surface area (Å²) in [5, 5.41) is 4.52. The lowest BCUT2D eigenvalue weighted by atomic mass is 10.1. The van der Waals surface area contributed by atoms with Crippen LogP contribution in [0.15, 0.2) is 60.0 Å². The third-order valence-electron chi connectivity index (χ3n) is 5.63. The highest BCUT2D eigenvalue weighted by Crippen LogP contribution is 2.20. The highest BCUT2D eigenvalue weighted by molar-refractivity contribution is 7.92. The molecule has 1 aromatic heterocycles. The molecule has 0 amide bonds. The first-order valence-corrected chi connectivity index (χ1v) is 12.7. The van der Waals surface area contributed by atoms with Crippen molar-refractivity contribution in [1.82, 2.24) is 24.2 Å². The summed E-state index contributed by atoms with van der Waals surface area (Å²) in [6.07, 6.45) is 2.50. The molecule has 1 fully saturated rings. The predicted octanol–water partition coefficient (Wildman–Crippen LogP) is 2.88. The van der Waals surface area contributed by atoms with Gasteiger partial charge in [-0.2, -0.15) is 19.3 Å². The van der Waals surface area contributed by atoms with Gasteiger partial charge in [-0.15, -0.1) is 0 Å². The molecule has 0 saturated carbocycles. The second kappa shape index (κ2) is 10.7. The Labute approximate surface area is 200 Å². The summed E-state index contributed by atoms with van der Waals surface area (Å²) in [6, 6.07) is 17.4. The van der Waals surface area contributed by atoms with E-state index in [1.54, 1.807) is 6.08 Å². The fourth-order valence-corrected chi connectivity index (χ4v) is 4.97. The van der Waals surface area contributed by atoms with Crippen LogP contribution in [0.3, 0.4) is 0 Å². The van der Waals surface area contributed by atoms with E-state index in [2.05, 4.69) is 38.2 Å². The molecule has 34 heavy (non-hydrogen) atoms. The summed E-state index contributed by atoms with van der Waals surface area (Å²) in [4.78, 5) is 15.1. The third kappa shape index (κ3) is 6.16. The van der Waals surface area contributed by atoms with E-state index < -0.39 is 10.0 Å². The van der Waals surface area contributed by atoms with Gasteiger partial charge in [-0.3, -0.25) is 4.90 Å². The largest absolute Gasteiger partial charge is 0.368 e. The van der Waals surface area contributed by atoms with Crippen molar-refractivity contribution in [2.75, 3.05) is 37.2 Å². The first-order valence-electron chi connectivity index (χ1n) is 11.2. The topological polar surface area (TPSA) is 117 Å². The van der Waals surface area contributed by atoms with Crippen molar-refractivity contribution in [2.24, 2.45) is 0 Å². The molecule has 0 spiro atoms. The van der Waals surface area contributed by atoms with Gasteiger partial charge < -0.3 is 11.1 Å². The Bertz CT molecular complexity index is 1240. The monoisotopic (exact) mass is 479 g/mol. The van der Waals surface area contributed by atoms with Crippen molar-refractivity contribution in [3.63, 3.8) is 0 Å². The molecule has 9 nitrogen and oxygen atoms in total. The van der Waals surface area contributed by atoms with Crippen LogP contribution in [0.4, 0.5) is 17.6 Å². The lowest BCUT2D eigenvalue weighted by Crippen LogP contribution is -2.47. The maximum absolute atomic E-state index is 12.7. The molecular formula is C24H29N7O2S. The molecule has 0 bridgehead atoms. The van der Waals surface area contributed by atoms with Crippen molar-refractivity contribution < 1.29 is 8.42 Å². The third-order valence-corrected chi connectivity index (χ3v) is 7.20. The second-order valence-corrected chi connectivity index (χ2v) is 9.82. The van der Waals surface area contributed by atoms with Gasteiger partial charge in [-0.25, -0.2) is 8.42 Å². The fraction of sp³-hybridized carbons (Fsp3) is 0.292. The molecule has 3 aromatic rings. The normalized spacial score (nSPS) is 15.6. The van der Waals surface area contributed by atoms with Crippen LogP contribution in [0.25, 0.3) is 6.08 Å². The number of anilines is 3. The van der Waals surface area contributed by atoms with E-state index in [4.69, 9.17) is 5.73 Å². The first-order chi connectivity index (χ1) is 16.4. The van der Waals surface area contributed by atoms with Crippen LogP contribution in [0.1, 0.15) is 23.9 Å². The number of piperazine rings is 1. The van der Waals surface area contributed by atoms with Crippen molar-refractivity contribution in [3.8, 4) is 0 Å². The number of para-hydroxylation sites is 1. The number of aromatic nitrogens is 3. The second-order valence-electron chi connectivity index (χ2n) is 8.00. The summed E-state index contributed by atoms with van der Waals surface area (Å²) in [5.41, 5.74) is 8.87. The smallest absolute Gasteiger partial charge is 0.236 e. The number of nitrogens with one attached hydrogen (secondary N) is 1. The van der Waals surface area contributed by atoms with E-state index >= 15 is 0 Å². The Hall–Kier alpha value is -3.34. The molecule has 0 aliphatic carbocycles. The van der Waals surface area contributed by atoms with Crippen molar-refractivity contribution in [3.05, 3.63) is 77.0 Å². The molecule has 1 saturated heterocycles. The number of nitrogens with two attached hydrogens (primary N) is 1. The lowest BCUT2D eigenvalue weighted by Gasteiger charge is -2.32. The van der Waals surface area contributed by atoms with E-state index in [-0.39, 0.29) is 5.95 Å². The van der Waals surface area contributed by atoms with Gasteiger partial charge in [0.25, 0.3) is 0 Å². The zero-order valence-corrected chi connectivity index (χ0v) is 19.9. The highest BCUT2D eigenvalue weighted by atomic mass is 32.2. The van der Waals surface area contributed by atoms with Crippen LogP contribution in [0, 0.1) is 0 Å². The minimum absolute atomic E-state index is 0.147. The number of aryl methyl sites for hydroxylation is 1. The van der Waals surface area contributed by atoms with E-state index in [0.717, 1.165) is 23.2 Å². The zero-order chi connectivity index (χ0) is 24.0. The molecule has 2 aromatic carbocycles. The highest BCUT2D eigenvalue weighted by Gasteiger charge is 2.25. The summed E-state index contributed by atoms with van der Waals surface area (Å²) < 4.78 is 26.9. The van der Waals surface area contributed by atoms with Crippen molar-refractivity contribution in [1.29, 1.82) is 0 Å². The minimum Gasteiger partial charge on any atom is -0.368 e. The van der Waals surface area contributed by atoms with Crippen LogP contribution < -0.4 is 11.1 Å². The molecule has 178 valence electrons. The predicted molar refractivity (Wildman–Crippen MR) is 135 cm³/mol. The minimum atomic E-state index is -3.48. The molecule has 0 radical (unpaired) electrons. The van der Waals surface area contributed by atoms with E-state index in [1.807, 2.05) is 48.5 Å². The number of benzene rings is 2. The quantitative estimate of drug-likeness (QED) is 0.506. The molecule has 1 aliphatic rings. The van der Waals surface area contributed by atoms with Gasteiger partial charge >= 0.3 is 0 Å². The molecule has 0 atom stereocenters. The first kappa shape index (κ1) is 23.8. The van der Waals surface area contributed by atoms with E-state index in [9.17, 15) is 8.42 Å². The molecule has 1 aliphatic heterocycles. The van der Waals surface area contributed by atoms with Crippen molar-refractivity contribution in [2.45, 2.75) is 19.9 Å². The standard InChI is InChI=1S/C24H29N7O2S/c1-2-20-10-6-7-11-21(20)26-24-28-22(27-23(25)29-24)18-30-13-15-31(16-14-30)34(32,33)17-12-19-8-4-3-5-9-19/h3-12,17H,2,13-16,18H2,1H3,(H3,25,26,27,28,29)/b17-12+. The SMILES string of the molecule is CCc1ccccc1Nc1nc(N)nc(CN2CCN(S(=O)(=O)/C=C/c3ccccc3)CC2)n1. The van der Waals surface area contributed by atoms with E-state index in [1.165, 1.54) is 9.71 Å². The number of hydrogen-bond donors (Lipinski definition) is 2. The van der Waals surface area contributed by atoms with Crippen LogP contribution >= 0.6 is 0 Å². The Kier molecular flexibility index (Phi) is 7.51. The lowest BCUT2D eigenvalue weighted by molar-refractivity contribution is 0.179. The number of rotatable bonds is 8. The maximum atomic E-state index is 12.7. The molecule has 0 unspecified atom stereocenters. The van der Waals surface area contributed by atoms with Gasteiger partial charge in [-0.1, -0.05) is 55.5 Å². The number of nitrogens with zero attached hydrogens (tertiary/aromatic N) is 5. The summed E-state index contributed by atoms with van der Waals surface area (Å²) in [6.45, 7) is 4.50. The van der Waals surface area contributed by atoms with Crippen LogP contribution in [0.5, 0.6) is 0 Å². The van der Waals surface area contributed by atoms with Gasteiger partial charge in [-0.05, 0) is 29.7 Å². The Morgan fingerprint density at radius 3 is 2.41 bits per heavy atom. The number of sulfonamides is 1. The summed E-state index contributed by atoms with van der Waals surface area (Å²) >= 11 is 0. The van der Waals surface area contributed by atoms with E-state index in [0.29, 0.717) is 44.5 Å². The average Bonchev–Trinajstić information content (AvgIpc) is 2.84. The van der Waals surface area contributed by atoms with Crippen LogP contribution in [-0.4, -0.2) is 58.8 Å². The molecule has 4 rings (SSSR count). The van der Waals surface area contributed by atoms with Gasteiger partial charge in [0.05, 0.1) is 6.54 Å². The summed E-state index contributed by atoms with van der Waals surface area (Å²) in [5.74, 6) is 1.09. The molecule has 3 N–H and O–H groups in total. The maximum Gasteiger partial charge on any atom is 0.236 e. The fourth-order valence-electron chi connectivity index (χ4n) is 3.79. The zero-order valence-electron chi connectivity index (χ0n) is 19.1. The Morgan fingerprint density at radius 2 is 1.68 bits per heavy atom. The van der Waals surface area contributed by atoms with Crippen LogP contribution in [-0.2, 0) is 23.0 Å². The Balaban J connectivity index is 1.37. The Morgan fingerprint density at radius 1 is 0.971 bits per heavy atom. The van der Waals surface area contributed by atoms with Crippen LogP contribution in [0.2, 0.25) is 0 Å². The number of nitrogen functional groups attached to an aromatic ring is 1. The van der Waals surface area contributed by atoms with Crippen molar-refractivity contribution >= 4 is 33.7 Å². The molecular weight excluding hydrogens is 450 g/mol. The van der Waals surface area contributed by atoms with Gasteiger partial charge in [0.15, 0.2) is 0 Å². The summed E-state index contributed by atoms with van der Waals surface area (Å²) in [7, 11) is -3.48. The number of hydrogen-bond acceptors (Lipinski definition) is 8. The average molecular weight is 480 g/mol. The molecule has 10 heteroatoms.